The molecule has 1 atom stereocenters. The maximum Gasteiger partial charge on any atom is 0.243 e. The van der Waals surface area contributed by atoms with Gasteiger partial charge in [-0.15, -0.1) is 12.4 Å². The van der Waals surface area contributed by atoms with E-state index < -0.39 is 20.0 Å². The van der Waals surface area contributed by atoms with Crippen LogP contribution in [0.4, 0.5) is 0 Å². The number of halogens is 1. The molecule has 2 rings (SSSR count). The Morgan fingerprint density at radius 3 is 2.32 bits per heavy atom. The van der Waals surface area contributed by atoms with Crippen LogP contribution in [0, 0.1) is 0 Å². The molecule has 1 aliphatic rings. The average molecular weight is 412 g/mol. The average Bonchev–Trinajstić information content (AvgIpc) is 2.56. The molecule has 0 bridgehead atoms. The minimum absolute atomic E-state index is 0. The van der Waals surface area contributed by atoms with Crippen molar-refractivity contribution in [3.8, 4) is 0 Å². The van der Waals surface area contributed by atoms with Gasteiger partial charge >= 0.3 is 0 Å². The lowest BCUT2D eigenvalue weighted by molar-refractivity contribution is 0.310. The zero-order valence-corrected chi connectivity index (χ0v) is 17.1. The molecule has 0 aromatic heterocycles. The van der Waals surface area contributed by atoms with Gasteiger partial charge < -0.3 is 5.32 Å². The van der Waals surface area contributed by atoms with Crippen LogP contribution in [0.3, 0.4) is 0 Å². The zero-order chi connectivity index (χ0) is 18.0. The third kappa shape index (κ3) is 4.72. The molecule has 0 unspecified atom stereocenters. The molecule has 7 nitrogen and oxygen atoms in total. The first-order valence-corrected chi connectivity index (χ1v) is 10.9. The van der Waals surface area contributed by atoms with Crippen LogP contribution in [0.5, 0.6) is 0 Å². The highest BCUT2D eigenvalue weighted by Gasteiger charge is 2.30. The lowest BCUT2D eigenvalue weighted by Crippen LogP contribution is -2.51. The van der Waals surface area contributed by atoms with E-state index in [9.17, 15) is 16.8 Å². The molecule has 0 spiro atoms. The van der Waals surface area contributed by atoms with E-state index in [-0.39, 0.29) is 28.2 Å². The molecule has 0 amide bonds. The van der Waals surface area contributed by atoms with Crippen LogP contribution in [0.25, 0.3) is 0 Å². The standard InChI is InChI=1S/C15H25N3O4S2.ClH/c1-4-17(5-2)23(19,20)14-7-6-8-15(11-14)24(21,22)18-10-9-16-13(3)12-18;/h6-8,11,13,16H,4-5,9-10,12H2,1-3H3;1H/t13-;/m0./s1. The Labute approximate surface area is 156 Å². The molecule has 25 heavy (non-hydrogen) atoms. The number of piperazine rings is 1. The van der Waals surface area contributed by atoms with Crippen LogP contribution in [0.15, 0.2) is 34.1 Å². The topological polar surface area (TPSA) is 86.8 Å². The number of nitrogens with zero attached hydrogens (tertiary/aromatic N) is 2. The Morgan fingerprint density at radius 2 is 1.76 bits per heavy atom. The molecule has 0 aliphatic carbocycles. The molecule has 1 heterocycles. The molecular formula is C15H26ClN3O4S2. The molecule has 1 fully saturated rings. The summed E-state index contributed by atoms with van der Waals surface area (Å²) >= 11 is 0. The van der Waals surface area contributed by atoms with E-state index in [1.807, 2.05) is 6.92 Å². The largest absolute Gasteiger partial charge is 0.312 e. The van der Waals surface area contributed by atoms with Crippen molar-refractivity contribution < 1.29 is 16.8 Å². The fraction of sp³-hybridized carbons (Fsp3) is 0.600. The Bertz CT molecular complexity index is 780. The minimum atomic E-state index is -3.71. The number of nitrogens with one attached hydrogen (secondary N) is 1. The smallest absolute Gasteiger partial charge is 0.243 e. The number of hydrogen-bond acceptors (Lipinski definition) is 5. The van der Waals surface area contributed by atoms with Crippen molar-refractivity contribution in [2.75, 3.05) is 32.7 Å². The van der Waals surface area contributed by atoms with Gasteiger partial charge in [0.2, 0.25) is 20.0 Å². The highest BCUT2D eigenvalue weighted by Crippen LogP contribution is 2.22. The van der Waals surface area contributed by atoms with Gasteiger partial charge in [0.1, 0.15) is 0 Å². The van der Waals surface area contributed by atoms with E-state index in [2.05, 4.69) is 5.32 Å². The van der Waals surface area contributed by atoms with Gasteiger partial charge in [0.05, 0.1) is 9.79 Å². The number of benzene rings is 1. The molecule has 1 aromatic rings. The zero-order valence-electron chi connectivity index (χ0n) is 14.7. The van der Waals surface area contributed by atoms with Gasteiger partial charge in [-0.25, -0.2) is 16.8 Å². The Balaban J connectivity index is 0.00000312. The van der Waals surface area contributed by atoms with E-state index in [4.69, 9.17) is 0 Å². The molecule has 1 aliphatic heterocycles. The molecule has 0 radical (unpaired) electrons. The van der Waals surface area contributed by atoms with E-state index in [1.54, 1.807) is 13.8 Å². The molecule has 1 N–H and O–H groups in total. The summed E-state index contributed by atoms with van der Waals surface area (Å²) in [5.41, 5.74) is 0. The molecule has 0 saturated carbocycles. The van der Waals surface area contributed by atoms with Crippen molar-refractivity contribution in [3.63, 3.8) is 0 Å². The quantitative estimate of drug-likeness (QED) is 0.758. The summed E-state index contributed by atoms with van der Waals surface area (Å²) in [6.07, 6.45) is 0. The molecule has 144 valence electrons. The van der Waals surface area contributed by atoms with Gasteiger partial charge in [0.25, 0.3) is 0 Å². The number of sulfonamides is 2. The lowest BCUT2D eigenvalue weighted by Gasteiger charge is -2.31. The van der Waals surface area contributed by atoms with Gasteiger partial charge in [0, 0.05) is 38.8 Å². The molecule has 1 saturated heterocycles. The van der Waals surface area contributed by atoms with Crippen LogP contribution in [-0.2, 0) is 20.0 Å². The molecular weight excluding hydrogens is 386 g/mol. The molecule has 10 heteroatoms. The van der Waals surface area contributed by atoms with Crippen molar-refractivity contribution in [1.82, 2.24) is 13.9 Å². The van der Waals surface area contributed by atoms with E-state index in [0.29, 0.717) is 32.7 Å². The third-order valence-corrected chi connectivity index (χ3v) is 8.02. The van der Waals surface area contributed by atoms with Gasteiger partial charge in [-0.05, 0) is 25.1 Å². The maximum atomic E-state index is 12.8. The van der Waals surface area contributed by atoms with Gasteiger partial charge in [-0.3, -0.25) is 0 Å². The van der Waals surface area contributed by atoms with Gasteiger partial charge in [-0.2, -0.15) is 8.61 Å². The summed E-state index contributed by atoms with van der Waals surface area (Å²) in [5, 5.41) is 3.19. The fourth-order valence-corrected chi connectivity index (χ4v) is 5.93. The monoisotopic (exact) mass is 411 g/mol. The summed E-state index contributed by atoms with van der Waals surface area (Å²) in [7, 11) is -7.39. The minimum Gasteiger partial charge on any atom is -0.312 e. The van der Waals surface area contributed by atoms with Crippen molar-refractivity contribution in [2.45, 2.75) is 36.6 Å². The first-order chi connectivity index (χ1) is 11.2. The predicted octanol–water partition coefficient (Wildman–Crippen LogP) is 1.12. The number of hydrogen-bond donors (Lipinski definition) is 1. The molecule has 1 aromatic carbocycles. The second-order valence-electron chi connectivity index (χ2n) is 5.78. The normalized spacial score (nSPS) is 19.6. The summed E-state index contributed by atoms with van der Waals surface area (Å²) in [4.78, 5) is 0.0280. The number of rotatable bonds is 6. The van der Waals surface area contributed by atoms with Crippen LogP contribution in [0.1, 0.15) is 20.8 Å². The predicted molar refractivity (Wildman–Crippen MR) is 100 cm³/mol. The second kappa shape index (κ2) is 8.79. The summed E-state index contributed by atoms with van der Waals surface area (Å²) in [6.45, 7) is 7.43. The van der Waals surface area contributed by atoms with E-state index >= 15 is 0 Å². The Kier molecular flexibility index (Phi) is 7.85. The van der Waals surface area contributed by atoms with Crippen molar-refractivity contribution >= 4 is 32.5 Å². The highest BCUT2D eigenvalue weighted by atomic mass is 35.5. The summed E-state index contributed by atoms with van der Waals surface area (Å²) in [5.74, 6) is 0. The van der Waals surface area contributed by atoms with Gasteiger partial charge in [-0.1, -0.05) is 19.9 Å². The van der Waals surface area contributed by atoms with Crippen LogP contribution >= 0.6 is 12.4 Å². The van der Waals surface area contributed by atoms with Crippen LogP contribution in [-0.4, -0.2) is 64.2 Å². The first kappa shape index (κ1) is 22.3. The highest BCUT2D eigenvalue weighted by molar-refractivity contribution is 7.90. The van der Waals surface area contributed by atoms with Crippen LogP contribution in [0.2, 0.25) is 0 Å². The van der Waals surface area contributed by atoms with E-state index in [1.165, 1.54) is 32.9 Å². The maximum absolute atomic E-state index is 12.8. The Morgan fingerprint density at radius 1 is 1.16 bits per heavy atom. The first-order valence-electron chi connectivity index (χ1n) is 8.07. The SMILES string of the molecule is CCN(CC)S(=O)(=O)c1cccc(S(=O)(=O)N2CCN[C@@H](C)C2)c1.Cl. The van der Waals surface area contributed by atoms with Gasteiger partial charge in [0.15, 0.2) is 0 Å². The second-order valence-corrected chi connectivity index (χ2v) is 9.66. The van der Waals surface area contributed by atoms with Crippen molar-refractivity contribution in [3.05, 3.63) is 24.3 Å². The third-order valence-electron chi connectivity index (χ3n) is 4.12. The van der Waals surface area contributed by atoms with Crippen molar-refractivity contribution in [1.29, 1.82) is 0 Å². The van der Waals surface area contributed by atoms with E-state index in [0.717, 1.165) is 0 Å². The van der Waals surface area contributed by atoms with Crippen molar-refractivity contribution in [2.24, 2.45) is 0 Å². The summed E-state index contributed by atoms with van der Waals surface area (Å²) < 4.78 is 53.6. The Hall–Kier alpha value is -0.710. The van der Waals surface area contributed by atoms with Crippen LogP contribution < -0.4 is 5.32 Å². The summed E-state index contributed by atoms with van der Waals surface area (Å²) in [6, 6.07) is 5.69. The fourth-order valence-electron chi connectivity index (χ4n) is 2.77. The lowest BCUT2D eigenvalue weighted by atomic mass is 10.3.